The number of carboxylic acid groups (broad SMARTS) is 1. The van der Waals surface area contributed by atoms with E-state index in [-0.39, 0.29) is 19.0 Å². The zero-order chi connectivity index (χ0) is 14.7. The van der Waals surface area contributed by atoms with Crippen molar-refractivity contribution in [1.29, 1.82) is 0 Å². The van der Waals surface area contributed by atoms with Crippen molar-refractivity contribution >= 4 is 23.3 Å². The smallest absolute Gasteiger partial charge is 0.326 e. The van der Waals surface area contributed by atoms with Crippen molar-refractivity contribution in [3.05, 3.63) is 22.4 Å². The summed E-state index contributed by atoms with van der Waals surface area (Å²) in [5.74, 6) is -1.07. The van der Waals surface area contributed by atoms with Crippen LogP contribution in [0.15, 0.2) is 17.5 Å². The lowest BCUT2D eigenvalue weighted by atomic mass is 10.2. The maximum atomic E-state index is 12.2. The van der Waals surface area contributed by atoms with Gasteiger partial charge in [-0.05, 0) is 17.9 Å². The SMILES string of the molecule is CN(CCc1cccs1)C(=O)N1C[C@@H](O)C[C@H]1C(=O)O. The highest BCUT2D eigenvalue weighted by molar-refractivity contribution is 7.09. The van der Waals surface area contributed by atoms with Gasteiger partial charge < -0.3 is 20.0 Å². The van der Waals surface area contributed by atoms with E-state index in [9.17, 15) is 14.7 Å². The third-order valence-corrected chi connectivity index (χ3v) is 4.35. The molecule has 2 N–H and O–H groups in total. The van der Waals surface area contributed by atoms with E-state index in [0.717, 1.165) is 6.42 Å². The van der Waals surface area contributed by atoms with Crippen molar-refractivity contribution in [1.82, 2.24) is 9.80 Å². The van der Waals surface area contributed by atoms with Crippen LogP contribution in [0.2, 0.25) is 0 Å². The number of carbonyl (C=O) groups excluding carboxylic acids is 1. The van der Waals surface area contributed by atoms with Crippen molar-refractivity contribution in [2.24, 2.45) is 0 Å². The number of amides is 2. The lowest BCUT2D eigenvalue weighted by Crippen LogP contribution is -2.47. The number of nitrogens with zero attached hydrogens (tertiary/aromatic N) is 2. The van der Waals surface area contributed by atoms with Crippen LogP contribution in [0.5, 0.6) is 0 Å². The first-order chi connectivity index (χ1) is 9.49. The number of likely N-dealkylation sites (tertiary alicyclic amines) is 1. The highest BCUT2D eigenvalue weighted by Gasteiger charge is 2.39. The molecule has 0 radical (unpaired) electrons. The van der Waals surface area contributed by atoms with Crippen LogP contribution in [0.4, 0.5) is 4.79 Å². The highest BCUT2D eigenvalue weighted by Crippen LogP contribution is 2.20. The number of hydrogen-bond acceptors (Lipinski definition) is 4. The van der Waals surface area contributed by atoms with Gasteiger partial charge in [0, 0.05) is 31.4 Å². The molecule has 0 aliphatic carbocycles. The molecule has 7 heteroatoms. The molecule has 1 aliphatic rings. The second kappa shape index (κ2) is 6.23. The number of aliphatic hydroxyl groups excluding tert-OH is 1. The maximum Gasteiger partial charge on any atom is 0.326 e. The minimum absolute atomic E-state index is 0.0825. The van der Waals surface area contributed by atoms with E-state index < -0.39 is 18.1 Å². The van der Waals surface area contributed by atoms with Crippen LogP contribution in [-0.2, 0) is 11.2 Å². The molecule has 2 rings (SSSR count). The quantitative estimate of drug-likeness (QED) is 0.864. The summed E-state index contributed by atoms with van der Waals surface area (Å²) in [4.78, 5) is 27.3. The summed E-state index contributed by atoms with van der Waals surface area (Å²) in [7, 11) is 1.65. The van der Waals surface area contributed by atoms with Crippen molar-refractivity contribution in [2.45, 2.75) is 25.0 Å². The Bertz CT molecular complexity index is 477. The molecule has 1 aliphatic heterocycles. The molecule has 2 heterocycles. The zero-order valence-electron chi connectivity index (χ0n) is 11.2. The van der Waals surface area contributed by atoms with E-state index in [0.29, 0.717) is 6.54 Å². The molecule has 1 aromatic heterocycles. The zero-order valence-corrected chi connectivity index (χ0v) is 12.0. The molecule has 0 saturated carbocycles. The summed E-state index contributed by atoms with van der Waals surface area (Å²) >= 11 is 1.63. The minimum Gasteiger partial charge on any atom is -0.480 e. The Balaban J connectivity index is 1.93. The Hall–Kier alpha value is -1.60. The van der Waals surface area contributed by atoms with E-state index in [4.69, 9.17) is 5.11 Å². The fourth-order valence-corrected chi connectivity index (χ4v) is 3.01. The number of rotatable bonds is 4. The second-order valence-corrected chi connectivity index (χ2v) is 5.96. The molecule has 0 spiro atoms. The first-order valence-electron chi connectivity index (χ1n) is 6.44. The molecule has 110 valence electrons. The summed E-state index contributed by atoms with van der Waals surface area (Å²) in [6, 6.07) is 2.69. The molecule has 0 bridgehead atoms. The van der Waals surface area contributed by atoms with Crippen molar-refractivity contribution < 1.29 is 19.8 Å². The molecule has 0 unspecified atom stereocenters. The third kappa shape index (κ3) is 3.29. The van der Waals surface area contributed by atoms with Crippen LogP contribution in [0.25, 0.3) is 0 Å². The second-order valence-electron chi connectivity index (χ2n) is 4.93. The van der Waals surface area contributed by atoms with Crippen LogP contribution in [-0.4, -0.2) is 64.3 Å². The Morgan fingerprint density at radius 2 is 2.30 bits per heavy atom. The summed E-state index contributed by atoms with van der Waals surface area (Å²) in [5, 5.41) is 20.6. The number of aliphatic hydroxyl groups is 1. The van der Waals surface area contributed by atoms with Crippen molar-refractivity contribution in [3.8, 4) is 0 Å². The van der Waals surface area contributed by atoms with E-state index in [2.05, 4.69) is 0 Å². The molecule has 2 atom stereocenters. The first kappa shape index (κ1) is 14.8. The largest absolute Gasteiger partial charge is 0.480 e. The average Bonchev–Trinajstić information content (AvgIpc) is 3.03. The molecule has 1 saturated heterocycles. The van der Waals surface area contributed by atoms with Crippen molar-refractivity contribution in [2.75, 3.05) is 20.1 Å². The van der Waals surface area contributed by atoms with Gasteiger partial charge in [-0.25, -0.2) is 9.59 Å². The van der Waals surface area contributed by atoms with Gasteiger partial charge in [0.2, 0.25) is 0 Å². The monoisotopic (exact) mass is 298 g/mol. The molecule has 6 nitrogen and oxygen atoms in total. The van der Waals surface area contributed by atoms with Crippen LogP contribution in [0.3, 0.4) is 0 Å². The predicted octanol–water partition coefficient (Wildman–Crippen LogP) is 0.862. The number of thiophene rings is 1. The highest BCUT2D eigenvalue weighted by atomic mass is 32.1. The molecule has 1 fully saturated rings. The lowest BCUT2D eigenvalue weighted by molar-refractivity contribution is -0.141. The average molecular weight is 298 g/mol. The number of β-amino-alcohol motifs (C(OH)–C–C–N with tert-alkyl or cyclic N) is 1. The van der Waals surface area contributed by atoms with E-state index in [1.807, 2.05) is 17.5 Å². The molecule has 0 aromatic carbocycles. The van der Waals surface area contributed by atoms with Crippen molar-refractivity contribution in [3.63, 3.8) is 0 Å². The van der Waals surface area contributed by atoms with E-state index >= 15 is 0 Å². The van der Waals surface area contributed by atoms with Gasteiger partial charge >= 0.3 is 12.0 Å². The third-order valence-electron chi connectivity index (χ3n) is 3.41. The number of carbonyl (C=O) groups is 2. The fraction of sp³-hybridized carbons (Fsp3) is 0.538. The number of likely N-dealkylation sites (N-methyl/N-ethyl adjacent to an activating group) is 1. The Kier molecular flexibility index (Phi) is 4.61. The standard InChI is InChI=1S/C13H18N2O4S/c1-14(5-4-10-3-2-6-20-10)13(19)15-8-9(16)7-11(15)12(17)18/h2-3,6,9,11,16H,4-5,7-8H2,1H3,(H,17,18)/t9-,11-/m0/s1. The van der Waals surface area contributed by atoms with Gasteiger partial charge in [-0.3, -0.25) is 0 Å². The first-order valence-corrected chi connectivity index (χ1v) is 7.32. The normalized spacial score (nSPS) is 22.0. The summed E-state index contributed by atoms with van der Waals surface area (Å²) in [5.41, 5.74) is 0. The fourth-order valence-electron chi connectivity index (χ4n) is 2.31. The van der Waals surface area contributed by atoms with Gasteiger partial charge in [-0.15, -0.1) is 11.3 Å². The Morgan fingerprint density at radius 3 is 2.90 bits per heavy atom. The maximum absolute atomic E-state index is 12.2. The number of aliphatic carboxylic acids is 1. The number of hydrogen-bond donors (Lipinski definition) is 2. The van der Waals surface area contributed by atoms with Crippen LogP contribution in [0.1, 0.15) is 11.3 Å². The number of carboxylic acids is 1. The molecular weight excluding hydrogens is 280 g/mol. The molecular formula is C13H18N2O4S. The van der Waals surface area contributed by atoms with Gasteiger partial charge in [0.1, 0.15) is 6.04 Å². The molecule has 1 aromatic rings. The van der Waals surface area contributed by atoms with Gasteiger partial charge in [0.25, 0.3) is 0 Å². The van der Waals surface area contributed by atoms with Gasteiger partial charge in [-0.2, -0.15) is 0 Å². The Morgan fingerprint density at radius 1 is 1.55 bits per heavy atom. The topological polar surface area (TPSA) is 81.1 Å². The Labute approximate surface area is 121 Å². The minimum atomic E-state index is -1.07. The van der Waals surface area contributed by atoms with Gasteiger partial charge in [-0.1, -0.05) is 6.07 Å². The lowest BCUT2D eigenvalue weighted by Gasteiger charge is -2.27. The van der Waals surface area contributed by atoms with Gasteiger partial charge in [0.15, 0.2) is 0 Å². The van der Waals surface area contributed by atoms with E-state index in [1.165, 1.54) is 14.7 Å². The molecule has 20 heavy (non-hydrogen) atoms. The van der Waals surface area contributed by atoms with Crippen LogP contribution >= 0.6 is 11.3 Å². The molecule has 2 amide bonds. The van der Waals surface area contributed by atoms with Crippen LogP contribution in [0, 0.1) is 0 Å². The predicted molar refractivity (Wildman–Crippen MR) is 74.8 cm³/mol. The summed E-state index contributed by atoms with van der Waals surface area (Å²) in [6.45, 7) is 0.609. The van der Waals surface area contributed by atoms with E-state index in [1.54, 1.807) is 18.4 Å². The summed E-state index contributed by atoms with van der Waals surface area (Å²) < 4.78 is 0. The number of urea groups is 1. The van der Waals surface area contributed by atoms with Gasteiger partial charge in [0.05, 0.1) is 6.10 Å². The summed E-state index contributed by atoms with van der Waals surface area (Å²) in [6.07, 6.45) is 0.0826. The van der Waals surface area contributed by atoms with Crippen LogP contribution < -0.4 is 0 Å².